The number of carbonyl (C=O) groups is 1. The summed E-state index contributed by atoms with van der Waals surface area (Å²) in [5.74, 6) is 0.353. The van der Waals surface area contributed by atoms with E-state index in [-0.39, 0.29) is 55.4 Å². The fourth-order valence-corrected chi connectivity index (χ4v) is 4.50. The van der Waals surface area contributed by atoms with E-state index in [1.165, 1.54) is 13.2 Å². The number of methoxy groups -OCH3 is 1. The van der Waals surface area contributed by atoms with Crippen molar-refractivity contribution in [2.45, 2.75) is 38.0 Å². The summed E-state index contributed by atoms with van der Waals surface area (Å²) in [6.45, 7) is 1.02. The molecule has 1 saturated heterocycles. The summed E-state index contributed by atoms with van der Waals surface area (Å²) in [6, 6.07) is 5.54. The molecule has 0 bridgehead atoms. The van der Waals surface area contributed by atoms with Gasteiger partial charge >= 0.3 is 22.5 Å². The van der Waals surface area contributed by atoms with Crippen LogP contribution in [0.1, 0.15) is 30.4 Å². The maximum absolute atomic E-state index is 13.0. The van der Waals surface area contributed by atoms with Gasteiger partial charge < -0.3 is 23.7 Å². The number of carbonyl (C=O) groups excluding carboxylic acids is 1. The first-order valence-electron chi connectivity index (χ1n) is 12.2. The first kappa shape index (κ1) is 31.7. The summed E-state index contributed by atoms with van der Waals surface area (Å²) in [6.07, 6.45) is -3.31. The normalized spacial score (nSPS) is 15.6. The van der Waals surface area contributed by atoms with Gasteiger partial charge in [0, 0.05) is 32.5 Å². The van der Waals surface area contributed by atoms with Crippen molar-refractivity contribution in [1.29, 1.82) is 0 Å². The van der Waals surface area contributed by atoms with E-state index in [1.54, 1.807) is 16.9 Å². The van der Waals surface area contributed by atoms with Crippen molar-refractivity contribution in [3.63, 3.8) is 0 Å². The fraction of sp³-hybridized carbons (Fsp3) is 0.500. The lowest BCUT2D eigenvalue weighted by atomic mass is 10.1. The van der Waals surface area contributed by atoms with Crippen molar-refractivity contribution in [2.24, 2.45) is 0 Å². The Morgan fingerprint density at radius 3 is 2.70 bits per heavy atom. The van der Waals surface area contributed by atoms with E-state index in [1.807, 2.05) is 0 Å². The third-order valence-electron chi connectivity index (χ3n) is 5.50. The summed E-state index contributed by atoms with van der Waals surface area (Å²) < 4.78 is 93.5. The van der Waals surface area contributed by atoms with E-state index in [9.17, 15) is 26.4 Å². The second-order valence-electron chi connectivity index (χ2n) is 8.55. The summed E-state index contributed by atoms with van der Waals surface area (Å²) in [5, 5.41) is -0.346. The SMILES string of the molecule is COCCOc1ccc(CCCOC(=O)NS(=O)(=O)NCC2CCCO2)c(Oc2ncc(C(F)(F)F)cc2Cl)c1. The van der Waals surface area contributed by atoms with Crippen molar-refractivity contribution in [3.05, 3.63) is 46.6 Å². The molecule has 1 atom stereocenters. The molecule has 16 heteroatoms. The molecule has 1 amide bonds. The molecule has 0 saturated carbocycles. The second-order valence-corrected chi connectivity index (χ2v) is 10.5. The number of benzene rings is 1. The van der Waals surface area contributed by atoms with Crippen LogP contribution in [-0.4, -0.2) is 65.7 Å². The highest BCUT2D eigenvalue weighted by Gasteiger charge is 2.32. The third-order valence-corrected chi connectivity index (χ3v) is 6.76. The Hall–Kier alpha value is -2.85. The van der Waals surface area contributed by atoms with Crippen molar-refractivity contribution in [2.75, 3.05) is 40.1 Å². The van der Waals surface area contributed by atoms with Crippen LogP contribution in [0.4, 0.5) is 18.0 Å². The van der Waals surface area contributed by atoms with Gasteiger partial charge in [0.25, 0.3) is 0 Å². The van der Waals surface area contributed by atoms with Gasteiger partial charge in [0.05, 0.1) is 24.9 Å². The second kappa shape index (κ2) is 14.7. The van der Waals surface area contributed by atoms with Crippen LogP contribution in [0.15, 0.2) is 30.5 Å². The molecular formula is C24H29ClF3N3O8S. The van der Waals surface area contributed by atoms with Gasteiger partial charge in [-0.3, -0.25) is 0 Å². The highest BCUT2D eigenvalue weighted by molar-refractivity contribution is 7.88. The summed E-state index contributed by atoms with van der Waals surface area (Å²) in [5.41, 5.74) is -0.451. The number of ether oxygens (including phenoxy) is 5. The molecule has 2 aromatic rings. The molecule has 1 unspecified atom stereocenters. The molecule has 0 radical (unpaired) electrons. The summed E-state index contributed by atoms with van der Waals surface area (Å²) in [7, 11) is -2.60. The maximum atomic E-state index is 13.0. The largest absolute Gasteiger partial charge is 0.491 e. The van der Waals surface area contributed by atoms with Gasteiger partial charge in [-0.15, -0.1) is 0 Å². The molecule has 1 fully saturated rings. The lowest BCUT2D eigenvalue weighted by molar-refractivity contribution is -0.137. The van der Waals surface area contributed by atoms with E-state index in [0.717, 1.165) is 12.8 Å². The van der Waals surface area contributed by atoms with Crippen molar-refractivity contribution in [1.82, 2.24) is 14.4 Å². The average molecular weight is 612 g/mol. The molecule has 1 aliphatic heterocycles. The average Bonchev–Trinajstić information content (AvgIpc) is 3.41. The van der Waals surface area contributed by atoms with Crippen LogP contribution in [0.5, 0.6) is 17.4 Å². The predicted octanol–water partition coefficient (Wildman–Crippen LogP) is 4.24. The van der Waals surface area contributed by atoms with Gasteiger partial charge in [-0.2, -0.15) is 26.3 Å². The molecule has 0 spiro atoms. The number of alkyl halides is 3. The zero-order valence-corrected chi connectivity index (χ0v) is 23.0. The number of pyridine rings is 1. The highest BCUT2D eigenvalue weighted by Crippen LogP contribution is 2.36. The number of halogens is 4. The van der Waals surface area contributed by atoms with E-state index >= 15 is 0 Å². The number of hydrogen-bond acceptors (Lipinski definition) is 9. The van der Waals surface area contributed by atoms with Crippen LogP contribution in [0, 0.1) is 0 Å². The Morgan fingerprint density at radius 2 is 2.02 bits per heavy atom. The maximum Gasteiger partial charge on any atom is 0.421 e. The molecule has 11 nitrogen and oxygen atoms in total. The first-order chi connectivity index (χ1) is 19.0. The van der Waals surface area contributed by atoms with Gasteiger partial charge in [0.15, 0.2) is 0 Å². The van der Waals surface area contributed by atoms with Gasteiger partial charge in [-0.05, 0) is 43.4 Å². The number of aryl methyl sites for hydroxylation is 1. The Kier molecular flexibility index (Phi) is 11.6. The Bertz CT molecular complexity index is 1240. The minimum atomic E-state index is -4.62. The van der Waals surface area contributed by atoms with E-state index in [4.69, 9.17) is 35.3 Å². The minimum absolute atomic E-state index is 0.0361. The monoisotopic (exact) mass is 611 g/mol. The number of nitrogens with zero attached hydrogens (tertiary/aromatic N) is 1. The van der Waals surface area contributed by atoms with Crippen LogP contribution in [-0.2, 0) is 37.0 Å². The third kappa shape index (κ3) is 10.3. The van der Waals surface area contributed by atoms with Gasteiger partial charge in [0.1, 0.15) is 23.1 Å². The Morgan fingerprint density at radius 1 is 1.23 bits per heavy atom. The zero-order chi connectivity index (χ0) is 29.2. The molecule has 1 aliphatic rings. The molecule has 0 aliphatic carbocycles. The molecule has 40 heavy (non-hydrogen) atoms. The van der Waals surface area contributed by atoms with E-state index < -0.39 is 28.0 Å². The molecule has 2 N–H and O–H groups in total. The quantitative estimate of drug-likeness (QED) is 0.301. The van der Waals surface area contributed by atoms with Crippen molar-refractivity contribution in [3.8, 4) is 17.4 Å². The van der Waals surface area contributed by atoms with Crippen LogP contribution in [0.3, 0.4) is 0 Å². The zero-order valence-electron chi connectivity index (χ0n) is 21.5. The number of amides is 1. The number of aromatic nitrogens is 1. The molecule has 1 aromatic heterocycles. The molecule has 222 valence electrons. The number of hydrogen-bond donors (Lipinski definition) is 2. The predicted molar refractivity (Wildman–Crippen MR) is 137 cm³/mol. The summed E-state index contributed by atoms with van der Waals surface area (Å²) >= 11 is 5.99. The van der Waals surface area contributed by atoms with E-state index in [2.05, 4.69) is 9.71 Å². The fourth-order valence-electron chi connectivity index (χ4n) is 3.54. The first-order valence-corrected chi connectivity index (χ1v) is 14.0. The van der Waals surface area contributed by atoms with Gasteiger partial charge in [-0.1, -0.05) is 17.7 Å². The molecule has 2 heterocycles. The molecule has 3 rings (SSSR count). The topological polar surface area (TPSA) is 134 Å². The van der Waals surface area contributed by atoms with Crippen LogP contribution >= 0.6 is 11.6 Å². The van der Waals surface area contributed by atoms with Gasteiger partial charge in [-0.25, -0.2) is 14.5 Å². The minimum Gasteiger partial charge on any atom is -0.491 e. The summed E-state index contributed by atoms with van der Waals surface area (Å²) in [4.78, 5) is 15.6. The van der Waals surface area contributed by atoms with Crippen LogP contribution in [0.25, 0.3) is 0 Å². The standard InChI is InChI=1S/C24H29ClF3N3O8S/c1-35-10-11-37-18-7-6-16(21(13-18)39-22-20(25)12-17(14-29-22)24(26,27)28)4-2-9-38-23(32)31-40(33,34)30-15-19-5-3-8-36-19/h6-7,12-14,19,30H,2-5,8-11,15H2,1H3,(H,31,32). The number of nitrogens with one attached hydrogen (secondary N) is 2. The van der Waals surface area contributed by atoms with Crippen molar-refractivity contribution < 1.29 is 50.1 Å². The van der Waals surface area contributed by atoms with Crippen molar-refractivity contribution >= 4 is 27.9 Å². The van der Waals surface area contributed by atoms with Gasteiger partial charge in [0.2, 0.25) is 5.88 Å². The van der Waals surface area contributed by atoms with E-state index in [0.29, 0.717) is 36.8 Å². The van der Waals surface area contributed by atoms with Crippen LogP contribution in [0.2, 0.25) is 5.02 Å². The lowest BCUT2D eigenvalue weighted by Crippen LogP contribution is -2.43. The highest BCUT2D eigenvalue weighted by atomic mass is 35.5. The Labute approximate surface area is 234 Å². The Balaban J connectivity index is 1.59. The smallest absolute Gasteiger partial charge is 0.421 e. The molecule has 1 aromatic carbocycles. The molecular weight excluding hydrogens is 583 g/mol. The lowest BCUT2D eigenvalue weighted by Gasteiger charge is -2.15. The van der Waals surface area contributed by atoms with Crippen LogP contribution < -0.4 is 18.9 Å². The number of rotatable bonds is 14.